The van der Waals surface area contributed by atoms with E-state index in [2.05, 4.69) is 47.4 Å². The van der Waals surface area contributed by atoms with Gasteiger partial charge in [0.25, 0.3) is 0 Å². The van der Waals surface area contributed by atoms with Crippen LogP contribution in [0, 0.1) is 5.82 Å². The van der Waals surface area contributed by atoms with Crippen LogP contribution < -0.4 is 25.8 Å². The molecule has 13 heteroatoms. The van der Waals surface area contributed by atoms with Crippen LogP contribution in [0.25, 0.3) is 11.2 Å². The molecule has 12 nitrogen and oxygen atoms in total. The molecule has 256 valence electrons. The average molecular weight is 675 g/mol. The topological polar surface area (TPSA) is 124 Å². The van der Waals surface area contributed by atoms with E-state index in [1.165, 1.54) is 23.8 Å². The summed E-state index contributed by atoms with van der Waals surface area (Å²) in [5, 5.41) is 9.16. The fourth-order valence-corrected chi connectivity index (χ4v) is 7.13. The average Bonchev–Trinajstić information content (AvgIpc) is 3.78. The molecule has 1 saturated carbocycles. The second-order valence-electron chi connectivity index (χ2n) is 13.1. The van der Waals surface area contributed by atoms with Crippen molar-refractivity contribution in [2.75, 3.05) is 53.2 Å². The largest absolute Gasteiger partial charge is 0.369 e. The van der Waals surface area contributed by atoms with E-state index in [1.54, 1.807) is 18.3 Å². The van der Waals surface area contributed by atoms with Gasteiger partial charge >= 0.3 is 6.03 Å². The van der Waals surface area contributed by atoms with E-state index in [0.29, 0.717) is 29.8 Å². The van der Waals surface area contributed by atoms with Gasteiger partial charge in [-0.05, 0) is 61.4 Å². The van der Waals surface area contributed by atoms with Gasteiger partial charge in [-0.1, -0.05) is 37.1 Å². The molecule has 8 rings (SSSR count). The Hall–Kier alpha value is -5.56. The lowest BCUT2D eigenvalue weighted by atomic mass is 10.1. The first-order chi connectivity index (χ1) is 24.5. The number of urea groups is 1. The molecule has 0 unspecified atom stereocenters. The highest BCUT2D eigenvalue weighted by atomic mass is 19.1. The van der Waals surface area contributed by atoms with Crippen LogP contribution in [0.5, 0.6) is 0 Å². The van der Waals surface area contributed by atoms with Crippen molar-refractivity contribution in [3.63, 3.8) is 0 Å². The molecule has 0 bridgehead atoms. The van der Waals surface area contributed by atoms with Gasteiger partial charge in [0.2, 0.25) is 17.8 Å². The third-order valence-corrected chi connectivity index (χ3v) is 9.81. The summed E-state index contributed by atoms with van der Waals surface area (Å²) in [4.78, 5) is 44.0. The number of nitrogens with zero attached hydrogens (tertiary/aromatic N) is 7. The van der Waals surface area contributed by atoms with Crippen molar-refractivity contribution in [1.29, 1.82) is 0 Å². The number of carbonyl (C=O) groups excluding carboxylic acids is 2. The Morgan fingerprint density at radius 2 is 1.56 bits per heavy atom. The van der Waals surface area contributed by atoms with Gasteiger partial charge < -0.3 is 15.5 Å². The number of amides is 3. The highest BCUT2D eigenvalue weighted by molar-refractivity contribution is 6.05. The normalized spacial score (nSPS) is 17.4. The highest BCUT2D eigenvalue weighted by Gasteiger charge is 2.26. The van der Waals surface area contributed by atoms with E-state index >= 15 is 4.39 Å². The Labute approximate surface area is 289 Å². The van der Waals surface area contributed by atoms with Crippen LogP contribution in [0.1, 0.15) is 43.7 Å². The summed E-state index contributed by atoms with van der Waals surface area (Å²) in [5.74, 6) is 0.653. The van der Waals surface area contributed by atoms with Crippen molar-refractivity contribution in [1.82, 2.24) is 29.7 Å². The molecule has 3 amide bonds. The van der Waals surface area contributed by atoms with Gasteiger partial charge in [-0.2, -0.15) is 4.98 Å². The predicted molar refractivity (Wildman–Crippen MR) is 192 cm³/mol. The fourth-order valence-electron chi connectivity index (χ4n) is 7.13. The number of carbonyl (C=O) groups is 2. The molecule has 3 fully saturated rings. The number of nitrogens with one attached hydrogen (secondary N) is 3. The van der Waals surface area contributed by atoms with Crippen LogP contribution in [0.4, 0.5) is 43.8 Å². The molecule has 2 aromatic heterocycles. The van der Waals surface area contributed by atoms with Crippen molar-refractivity contribution in [2.45, 2.75) is 44.7 Å². The van der Waals surface area contributed by atoms with E-state index in [-0.39, 0.29) is 24.7 Å². The summed E-state index contributed by atoms with van der Waals surface area (Å²) in [6, 6.07) is 23.1. The number of imidazole rings is 1. The second-order valence-corrected chi connectivity index (χ2v) is 13.1. The smallest absolute Gasteiger partial charge is 0.328 e. The SMILES string of the molecule is O=C1CCN(c2ccc(CN3CCN(c4ccc(Nc5ncc6nc(Nc7ccccc7)n(C7CCCC7)c6n5)cc4)CC3)c(F)c2)C(=O)N1. The molecule has 50 heavy (non-hydrogen) atoms. The van der Waals surface area contributed by atoms with E-state index in [1.807, 2.05) is 42.5 Å². The van der Waals surface area contributed by atoms with Crippen LogP contribution in [-0.4, -0.2) is 69.1 Å². The number of imide groups is 1. The van der Waals surface area contributed by atoms with Gasteiger partial charge in [-0.15, -0.1) is 0 Å². The third-order valence-electron chi connectivity index (χ3n) is 9.81. The van der Waals surface area contributed by atoms with Crippen molar-refractivity contribution in [2.24, 2.45) is 0 Å². The Kier molecular flexibility index (Phi) is 8.71. The van der Waals surface area contributed by atoms with Crippen LogP contribution in [0.3, 0.4) is 0 Å². The maximum absolute atomic E-state index is 15.1. The molecule has 3 N–H and O–H groups in total. The first-order valence-corrected chi connectivity index (χ1v) is 17.3. The maximum atomic E-state index is 15.1. The molecule has 0 spiro atoms. The Morgan fingerprint density at radius 3 is 2.30 bits per heavy atom. The number of piperazine rings is 1. The number of hydrogen-bond donors (Lipinski definition) is 3. The molecule has 1 aliphatic carbocycles. The van der Waals surface area contributed by atoms with Gasteiger partial charge in [-0.3, -0.25) is 24.5 Å². The molecule has 3 aromatic carbocycles. The molecule has 0 atom stereocenters. The maximum Gasteiger partial charge on any atom is 0.328 e. The summed E-state index contributed by atoms with van der Waals surface area (Å²) in [6.07, 6.45) is 6.60. The van der Waals surface area contributed by atoms with Gasteiger partial charge in [0, 0.05) is 80.0 Å². The monoisotopic (exact) mass is 674 g/mol. The number of halogens is 1. The summed E-state index contributed by atoms with van der Waals surface area (Å²) in [5.41, 5.74) is 5.63. The minimum Gasteiger partial charge on any atom is -0.369 e. The van der Waals surface area contributed by atoms with Crippen LogP contribution in [-0.2, 0) is 11.3 Å². The summed E-state index contributed by atoms with van der Waals surface area (Å²) in [6.45, 7) is 3.95. The van der Waals surface area contributed by atoms with Crippen molar-refractivity contribution < 1.29 is 14.0 Å². The van der Waals surface area contributed by atoms with Crippen LogP contribution >= 0.6 is 0 Å². The first kappa shape index (κ1) is 31.7. The number of rotatable bonds is 9. The van der Waals surface area contributed by atoms with Gasteiger partial charge in [0.15, 0.2) is 5.65 Å². The second kappa shape index (κ2) is 13.7. The van der Waals surface area contributed by atoms with Crippen molar-refractivity contribution in [3.8, 4) is 0 Å². The Bertz CT molecular complexity index is 2000. The number of aromatic nitrogens is 4. The van der Waals surface area contributed by atoms with Crippen molar-refractivity contribution in [3.05, 3.63) is 90.4 Å². The van der Waals surface area contributed by atoms with Crippen LogP contribution in [0.15, 0.2) is 79.0 Å². The Morgan fingerprint density at radius 1 is 0.820 bits per heavy atom. The van der Waals surface area contributed by atoms with E-state index in [4.69, 9.17) is 9.97 Å². The summed E-state index contributed by atoms with van der Waals surface area (Å²) in [7, 11) is 0. The lowest BCUT2D eigenvalue weighted by Gasteiger charge is -2.36. The number of benzene rings is 3. The minimum absolute atomic E-state index is 0.200. The first-order valence-electron chi connectivity index (χ1n) is 17.3. The highest BCUT2D eigenvalue weighted by Crippen LogP contribution is 2.36. The van der Waals surface area contributed by atoms with E-state index in [9.17, 15) is 9.59 Å². The lowest BCUT2D eigenvalue weighted by molar-refractivity contribution is -0.120. The summed E-state index contributed by atoms with van der Waals surface area (Å²) < 4.78 is 17.3. The molecule has 5 aromatic rings. The van der Waals surface area contributed by atoms with Gasteiger partial charge in [0.1, 0.15) is 11.3 Å². The number of hydrogen-bond acceptors (Lipinski definition) is 9. The molecule has 3 aliphatic rings. The Balaban J connectivity index is 0.893. The number of anilines is 6. The van der Waals surface area contributed by atoms with Gasteiger partial charge in [-0.25, -0.2) is 19.2 Å². The lowest BCUT2D eigenvalue weighted by Crippen LogP contribution is -2.49. The molecule has 4 heterocycles. The summed E-state index contributed by atoms with van der Waals surface area (Å²) >= 11 is 0. The van der Waals surface area contributed by atoms with Crippen molar-refractivity contribution >= 4 is 57.7 Å². The number of para-hydroxylation sites is 1. The van der Waals surface area contributed by atoms with E-state index in [0.717, 1.165) is 73.2 Å². The zero-order valence-electron chi connectivity index (χ0n) is 27.7. The molecule has 2 aliphatic heterocycles. The molecule has 0 radical (unpaired) electrons. The van der Waals surface area contributed by atoms with Gasteiger partial charge in [0.05, 0.1) is 6.20 Å². The predicted octanol–water partition coefficient (Wildman–Crippen LogP) is 6.34. The van der Waals surface area contributed by atoms with Crippen LogP contribution in [0.2, 0.25) is 0 Å². The fraction of sp³-hybridized carbons (Fsp3) is 0.324. The molecular weight excluding hydrogens is 635 g/mol. The quantitative estimate of drug-likeness (QED) is 0.164. The zero-order valence-corrected chi connectivity index (χ0v) is 27.7. The standard InChI is InChI=1S/C37H39FN10O2/c38-31-22-30(47-17-16-33(49)43-37(47)50)13-10-25(31)24-45-18-20-46(21-19-45)28-14-11-27(12-15-28)40-35-39-23-32-34(44-35)48(29-8-4-5-9-29)36(42-32)41-26-6-2-1-3-7-26/h1-3,6-7,10-15,22-23,29H,4-5,8-9,16-21,24H2,(H,41,42)(H,39,40,44)(H,43,49,50). The van der Waals surface area contributed by atoms with E-state index < -0.39 is 6.03 Å². The zero-order chi connectivity index (χ0) is 34.0. The number of fused-ring (bicyclic) bond motifs is 1. The molecular formula is C37H39FN10O2. The minimum atomic E-state index is -0.517. The molecule has 2 saturated heterocycles. The third kappa shape index (κ3) is 6.68.